The molecular formula is C13H22N4O3. The number of carbonyl (C=O) groups is 2. The SMILES string of the molecule is CCCNC(=O)CN(C)Cc1cc(C(=O)NN)c(C)o1. The van der Waals surface area contributed by atoms with Gasteiger partial charge in [-0.3, -0.25) is 19.9 Å². The van der Waals surface area contributed by atoms with E-state index in [-0.39, 0.29) is 18.4 Å². The van der Waals surface area contributed by atoms with Crippen LogP contribution < -0.4 is 16.6 Å². The topological polar surface area (TPSA) is 101 Å². The van der Waals surface area contributed by atoms with Crippen molar-refractivity contribution in [3.05, 3.63) is 23.2 Å². The second kappa shape index (κ2) is 7.66. The number of nitrogens with one attached hydrogen (secondary N) is 2. The van der Waals surface area contributed by atoms with E-state index in [9.17, 15) is 9.59 Å². The Hall–Kier alpha value is -1.86. The van der Waals surface area contributed by atoms with Gasteiger partial charge in [0.25, 0.3) is 5.91 Å². The molecule has 4 N–H and O–H groups in total. The molecule has 1 aromatic heterocycles. The number of nitrogen functional groups attached to an aromatic ring is 1. The number of amides is 2. The van der Waals surface area contributed by atoms with E-state index in [2.05, 4.69) is 10.7 Å². The van der Waals surface area contributed by atoms with Crippen molar-refractivity contribution in [2.75, 3.05) is 20.1 Å². The quantitative estimate of drug-likeness (QED) is 0.375. The molecular weight excluding hydrogens is 260 g/mol. The maximum absolute atomic E-state index is 11.6. The Labute approximate surface area is 118 Å². The molecule has 1 aromatic rings. The number of aryl methyl sites for hydroxylation is 1. The summed E-state index contributed by atoms with van der Waals surface area (Å²) in [4.78, 5) is 24.8. The lowest BCUT2D eigenvalue weighted by Gasteiger charge is -2.14. The van der Waals surface area contributed by atoms with Gasteiger partial charge in [-0.1, -0.05) is 6.92 Å². The molecule has 0 aliphatic carbocycles. The highest BCUT2D eigenvalue weighted by Crippen LogP contribution is 2.15. The minimum absolute atomic E-state index is 0.0300. The molecule has 7 heteroatoms. The first-order valence-corrected chi connectivity index (χ1v) is 6.53. The fourth-order valence-corrected chi connectivity index (χ4v) is 1.81. The lowest BCUT2D eigenvalue weighted by Crippen LogP contribution is -2.35. The number of hydrogen-bond donors (Lipinski definition) is 3. The summed E-state index contributed by atoms with van der Waals surface area (Å²) in [7, 11) is 1.81. The third-order valence-electron chi connectivity index (χ3n) is 2.76. The predicted molar refractivity (Wildman–Crippen MR) is 74.7 cm³/mol. The molecule has 2 amide bonds. The average Bonchev–Trinajstić information content (AvgIpc) is 2.75. The number of carbonyl (C=O) groups excluding carboxylic acids is 2. The normalized spacial score (nSPS) is 10.7. The Bertz CT molecular complexity index is 470. The van der Waals surface area contributed by atoms with E-state index < -0.39 is 0 Å². The van der Waals surface area contributed by atoms with Crippen LogP contribution in [0.3, 0.4) is 0 Å². The van der Waals surface area contributed by atoms with Crippen molar-refractivity contribution in [2.45, 2.75) is 26.8 Å². The van der Waals surface area contributed by atoms with Gasteiger partial charge in [0.15, 0.2) is 0 Å². The molecule has 1 heterocycles. The van der Waals surface area contributed by atoms with Crippen molar-refractivity contribution in [2.24, 2.45) is 5.84 Å². The van der Waals surface area contributed by atoms with Crippen LogP contribution in [-0.4, -0.2) is 36.9 Å². The van der Waals surface area contributed by atoms with Gasteiger partial charge in [-0.05, 0) is 26.5 Å². The van der Waals surface area contributed by atoms with Crippen molar-refractivity contribution in [1.29, 1.82) is 0 Å². The molecule has 0 bridgehead atoms. The molecule has 0 aliphatic rings. The summed E-state index contributed by atoms with van der Waals surface area (Å²) in [5, 5.41) is 2.80. The monoisotopic (exact) mass is 282 g/mol. The molecule has 0 radical (unpaired) electrons. The molecule has 112 valence electrons. The van der Waals surface area contributed by atoms with Crippen LogP contribution >= 0.6 is 0 Å². The number of hydrazine groups is 1. The van der Waals surface area contributed by atoms with E-state index in [1.165, 1.54) is 0 Å². The zero-order chi connectivity index (χ0) is 15.1. The summed E-state index contributed by atoms with van der Waals surface area (Å²) < 4.78 is 5.48. The van der Waals surface area contributed by atoms with Gasteiger partial charge in [0, 0.05) is 6.54 Å². The molecule has 0 saturated carbocycles. The Kier molecular flexibility index (Phi) is 6.20. The van der Waals surface area contributed by atoms with Crippen molar-refractivity contribution >= 4 is 11.8 Å². The first-order chi connectivity index (χ1) is 9.47. The van der Waals surface area contributed by atoms with Crippen LogP contribution in [0.2, 0.25) is 0 Å². The van der Waals surface area contributed by atoms with Crippen molar-refractivity contribution in [3.63, 3.8) is 0 Å². The van der Waals surface area contributed by atoms with Crippen LogP contribution in [0.25, 0.3) is 0 Å². The Balaban J connectivity index is 2.56. The van der Waals surface area contributed by atoms with Gasteiger partial charge < -0.3 is 9.73 Å². The smallest absolute Gasteiger partial charge is 0.268 e. The summed E-state index contributed by atoms with van der Waals surface area (Å²) in [5.74, 6) is 5.80. The van der Waals surface area contributed by atoms with Crippen molar-refractivity contribution in [3.8, 4) is 0 Å². The van der Waals surface area contributed by atoms with Crippen LogP contribution in [0, 0.1) is 6.92 Å². The van der Waals surface area contributed by atoms with E-state index in [1.54, 1.807) is 13.0 Å². The fourth-order valence-electron chi connectivity index (χ4n) is 1.81. The van der Waals surface area contributed by atoms with E-state index in [0.29, 0.717) is 30.2 Å². The van der Waals surface area contributed by atoms with Gasteiger partial charge in [-0.15, -0.1) is 0 Å². The maximum Gasteiger partial charge on any atom is 0.268 e. The molecule has 0 saturated heterocycles. The van der Waals surface area contributed by atoms with Crippen LogP contribution in [0.5, 0.6) is 0 Å². The fraction of sp³-hybridized carbons (Fsp3) is 0.538. The summed E-state index contributed by atoms with van der Waals surface area (Å²) in [6, 6.07) is 1.64. The van der Waals surface area contributed by atoms with Crippen LogP contribution in [-0.2, 0) is 11.3 Å². The van der Waals surface area contributed by atoms with Crippen LogP contribution in [0.4, 0.5) is 0 Å². The summed E-state index contributed by atoms with van der Waals surface area (Å²) >= 11 is 0. The minimum Gasteiger partial charge on any atom is -0.464 e. The Morgan fingerprint density at radius 1 is 1.45 bits per heavy atom. The number of rotatable bonds is 7. The van der Waals surface area contributed by atoms with E-state index in [1.807, 2.05) is 18.9 Å². The zero-order valence-electron chi connectivity index (χ0n) is 12.2. The summed E-state index contributed by atoms with van der Waals surface area (Å²) in [6.45, 7) is 5.09. The first-order valence-electron chi connectivity index (χ1n) is 6.53. The largest absolute Gasteiger partial charge is 0.464 e. The Morgan fingerprint density at radius 3 is 2.75 bits per heavy atom. The Morgan fingerprint density at radius 2 is 2.15 bits per heavy atom. The molecule has 0 atom stereocenters. The molecule has 0 aromatic carbocycles. The maximum atomic E-state index is 11.6. The van der Waals surface area contributed by atoms with Gasteiger partial charge in [-0.25, -0.2) is 5.84 Å². The predicted octanol–water partition coefficient (Wildman–Crippen LogP) is 0.150. The molecule has 1 rings (SSSR count). The average molecular weight is 282 g/mol. The second-order valence-corrected chi connectivity index (χ2v) is 4.68. The van der Waals surface area contributed by atoms with Gasteiger partial charge in [0.05, 0.1) is 18.7 Å². The van der Waals surface area contributed by atoms with Crippen molar-refractivity contribution < 1.29 is 14.0 Å². The number of furan rings is 1. The minimum atomic E-state index is -0.388. The van der Waals surface area contributed by atoms with Crippen molar-refractivity contribution in [1.82, 2.24) is 15.6 Å². The third kappa shape index (κ3) is 4.67. The van der Waals surface area contributed by atoms with E-state index in [4.69, 9.17) is 10.3 Å². The lowest BCUT2D eigenvalue weighted by atomic mass is 10.2. The highest BCUT2D eigenvalue weighted by molar-refractivity contribution is 5.94. The number of nitrogens with two attached hydrogens (primary N) is 1. The van der Waals surface area contributed by atoms with E-state index >= 15 is 0 Å². The molecule has 0 spiro atoms. The summed E-state index contributed by atoms with van der Waals surface area (Å²) in [6.07, 6.45) is 0.907. The van der Waals surface area contributed by atoms with E-state index in [0.717, 1.165) is 6.42 Å². The molecule has 7 nitrogen and oxygen atoms in total. The molecule has 0 fully saturated rings. The number of nitrogens with zero attached hydrogens (tertiary/aromatic N) is 1. The van der Waals surface area contributed by atoms with Gasteiger partial charge in [-0.2, -0.15) is 0 Å². The second-order valence-electron chi connectivity index (χ2n) is 4.68. The van der Waals surface area contributed by atoms with Gasteiger partial charge >= 0.3 is 0 Å². The molecule has 0 aliphatic heterocycles. The molecule has 0 unspecified atom stereocenters. The number of hydrogen-bond acceptors (Lipinski definition) is 5. The lowest BCUT2D eigenvalue weighted by molar-refractivity contribution is -0.122. The molecule has 20 heavy (non-hydrogen) atoms. The number of likely N-dealkylation sites (N-methyl/N-ethyl adjacent to an activating group) is 1. The van der Waals surface area contributed by atoms with Gasteiger partial charge in [0.2, 0.25) is 5.91 Å². The van der Waals surface area contributed by atoms with Gasteiger partial charge in [0.1, 0.15) is 11.5 Å². The first kappa shape index (κ1) is 16.2. The third-order valence-corrected chi connectivity index (χ3v) is 2.76. The van der Waals surface area contributed by atoms with Crippen LogP contribution in [0.15, 0.2) is 10.5 Å². The van der Waals surface area contributed by atoms with Crippen LogP contribution in [0.1, 0.15) is 35.2 Å². The standard InChI is InChI=1S/C13H22N4O3/c1-4-5-15-12(18)8-17(3)7-10-6-11(9(2)20-10)13(19)16-14/h6H,4-5,7-8,14H2,1-3H3,(H,15,18)(H,16,19). The zero-order valence-corrected chi connectivity index (χ0v) is 12.2. The summed E-state index contributed by atoms with van der Waals surface area (Å²) in [5.41, 5.74) is 2.48. The highest BCUT2D eigenvalue weighted by Gasteiger charge is 2.15. The highest BCUT2D eigenvalue weighted by atomic mass is 16.3.